The minimum atomic E-state index is 0.125. The van der Waals surface area contributed by atoms with Crippen molar-refractivity contribution in [3.8, 4) is 5.69 Å². The number of likely N-dealkylation sites (tertiary alicyclic amines) is 1. The van der Waals surface area contributed by atoms with Crippen LogP contribution in [-0.4, -0.2) is 39.7 Å². The van der Waals surface area contributed by atoms with Gasteiger partial charge in [0, 0.05) is 35.4 Å². The van der Waals surface area contributed by atoms with Crippen LogP contribution >= 0.6 is 23.2 Å². The van der Waals surface area contributed by atoms with Crippen LogP contribution in [0.5, 0.6) is 0 Å². The molecule has 0 bridgehead atoms. The highest BCUT2D eigenvalue weighted by Gasteiger charge is 2.23. The molecule has 1 aliphatic rings. The molecule has 0 spiro atoms. The van der Waals surface area contributed by atoms with Crippen LogP contribution in [0.1, 0.15) is 29.8 Å². The number of nitrogens with two attached hydrogens (primary N) is 1. The van der Waals surface area contributed by atoms with Crippen molar-refractivity contribution in [1.29, 1.82) is 0 Å². The Balaban J connectivity index is 1.83. The molecule has 2 N–H and O–H groups in total. The average Bonchev–Trinajstić information content (AvgIpc) is 2.83. The van der Waals surface area contributed by atoms with E-state index in [-0.39, 0.29) is 11.9 Å². The number of hydrogen-bond donors (Lipinski definition) is 1. The minimum absolute atomic E-state index is 0.125. The van der Waals surface area contributed by atoms with E-state index in [4.69, 9.17) is 28.9 Å². The molecule has 1 aromatic carbocycles. The van der Waals surface area contributed by atoms with Crippen molar-refractivity contribution in [1.82, 2.24) is 14.7 Å². The minimum Gasteiger partial charge on any atom is -0.342 e. The highest BCUT2D eigenvalue weighted by atomic mass is 35.5. The maximum Gasteiger partial charge on any atom is 0.227 e. The largest absolute Gasteiger partial charge is 0.342 e. The van der Waals surface area contributed by atoms with Crippen LogP contribution in [0.25, 0.3) is 5.69 Å². The van der Waals surface area contributed by atoms with Gasteiger partial charge in [0.1, 0.15) is 0 Å². The Morgan fingerprint density at radius 1 is 1.28 bits per heavy atom. The zero-order valence-corrected chi connectivity index (χ0v) is 15.9. The van der Waals surface area contributed by atoms with E-state index in [1.807, 2.05) is 24.8 Å². The second kappa shape index (κ2) is 7.36. The summed E-state index contributed by atoms with van der Waals surface area (Å²) in [6.45, 7) is 5.34. The maximum atomic E-state index is 12.6. The molecule has 0 aliphatic carbocycles. The average molecular weight is 381 g/mol. The molecule has 134 valence electrons. The van der Waals surface area contributed by atoms with Crippen LogP contribution in [-0.2, 0) is 11.2 Å². The topological polar surface area (TPSA) is 64.2 Å². The van der Waals surface area contributed by atoms with Crippen LogP contribution in [0.4, 0.5) is 0 Å². The Kier molecular flexibility index (Phi) is 5.37. The van der Waals surface area contributed by atoms with Crippen molar-refractivity contribution in [2.45, 2.75) is 39.2 Å². The molecular weight excluding hydrogens is 359 g/mol. The van der Waals surface area contributed by atoms with Crippen LogP contribution < -0.4 is 5.73 Å². The zero-order valence-electron chi connectivity index (χ0n) is 14.4. The summed E-state index contributed by atoms with van der Waals surface area (Å²) in [6, 6.07) is 5.52. The first-order valence-electron chi connectivity index (χ1n) is 8.40. The number of carbonyl (C=O) groups is 1. The molecule has 1 saturated heterocycles. The lowest BCUT2D eigenvalue weighted by Gasteiger charge is -2.30. The third-order valence-corrected chi connectivity index (χ3v) is 5.34. The summed E-state index contributed by atoms with van der Waals surface area (Å²) in [5.74, 6) is 0.125. The molecule has 2 aromatic rings. The number of benzene rings is 1. The molecule has 25 heavy (non-hydrogen) atoms. The molecule has 5 nitrogen and oxygen atoms in total. The Labute approximate surface area is 157 Å². The molecule has 1 aromatic heterocycles. The second-order valence-corrected chi connectivity index (χ2v) is 7.40. The lowest BCUT2D eigenvalue weighted by Crippen LogP contribution is -2.43. The summed E-state index contributed by atoms with van der Waals surface area (Å²) in [5.41, 5.74) is 9.38. The van der Waals surface area contributed by atoms with E-state index in [2.05, 4.69) is 5.10 Å². The predicted octanol–water partition coefficient (Wildman–Crippen LogP) is 3.29. The van der Waals surface area contributed by atoms with Crippen LogP contribution in [0.15, 0.2) is 18.2 Å². The first-order valence-corrected chi connectivity index (χ1v) is 9.16. The Hall–Kier alpha value is -1.56. The molecule has 0 unspecified atom stereocenters. The lowest BCUT2D eigenvalue weighted by molar-refractivity contribution is -0.131. The van der Waals surface area contributed by atoms with Crippen LogP contribution in [0.3, 0.4) is 0 Å². The number of amides is 1. The fourth-order valence-corrected chi connectivity index (χ4v) is 3.72. The number of hydrogen-bond acceptors (Lipinski definition) is 3. The smallest absolute Gasteiger partial charge is 0.227 e. The van der Waals surface area contributed by atoms with E-state index in [1.165, 1.54) is 0 Å². The maximum absolute atomic E-state index is 12.6. The van der Waals surface area contributed by atoms with Crippen LogP contribution in [0, 0.1) is 13.8 Å². The van der Waals surface area contributed by atoms with Crippen molar-refractivity contribution >= 4 is 29.1 Å². The molecule has 1 fully saturated rings. The molecule has 0 atom stereocenters. The summed E-state index contributed by atoms with van der Waals surface area (Å²) < 4.78 is 1.78. The highest BCUT2D eigenvalue weighted by Crippen LogP contribution is 2.27. The van der Waals surface area contributed by atoms with Crippen molar-refractivity contribution in [3.63, 3.8) is 0 Å². The number of piperidine rings is 1. The van der Waals surface area contributed by atoms with E-state index in [0.717, 1.165) is 48.6 Å². The molecule has 3 rings (SSSR count). The van der Waals surface area contributed by atoms with Gasteiger partial charge in [0.2, 0.25) is 5.91 Å². The first kappa shape index (κ1) is 18.2. The van der Waals surface area contributed by atoms with E-state index < -0.39 is 0 Å². The number of halogens is 2. The number of aryl methyl sites for hydroxylation is 1. The lowest BCUT2D eigenvalue weighted by atomic mass is 10.0. The summed E-state index contributed by atoms with van der Waals surface area (Å²) in [7, 11) is 0. The normalized spacial score (nSPS) is 15.6. The van der Waals surface area contributed by atoms with E-state index in [9.17, 15) is 4.79 Å². The van der Waals surface area contributed by atoms with Crippen LogP contribution in [0.2, 0.25) is 10.0 Å². The first-order chi connectivity index (χ1) is 11.9. The monoisotopic (exact) mass is 380 g/mol. The van der Waals surface area contributed by atoms with Gasteiger partial charge in [-0.3, -0.25) is 4.79 Å². The van der Waals surface area contributed by atoms with E-state index in [1.54, 1.807) is 16.8 Å². The summed E-state index contributed by atoms with van der Waals surface area (Å²) in [4.78, 5) is 14.5. The van der Waals surface area contributed by atoms with Gasteiger partial charge in [-0.05, 0) is 44.9 Å². The zero-order chi connectivity index (χ0) is 18.1. The molecule has 0 saturated carbocycles. The van der Waals surface area contributed by atoms with Gasteiger partial charge in [-0.1, -0.05) is 23.2 Å². The quantitative estimate of drug-likeness (QED) is 0.888. The molecule has 1 aliphatic heterocycles. The Morgan fingerprint density at radius 2 is 1.96 bits per heavy atom. The molecule has 1 amide bonds. The highest BCUT2D eigenvalue weighted by molar-refractivity contribution is 6.35. The van der Waals surface area contributed by atoms with Crippen molar-refractivity contribution in [2.75, 3.05) is 13.1 Å². The second-order valence-electron chi connectivity index (χ2n) is 6.55. The van der Waals surface area contributed by atoms with Gasteiger partial charge < -0.3 is 10.6 Å². The fourth-order valence-electron chi connectivity index (χ4n) is 3.23. The van der Waals surface area contributed by atoms with Crippen molar-refractivity contribution in [2.24, 2.45) is 5.73 Å². The molecule has 2 heterocycles. The molecule has 7 heteroatoms. The third kappa shape index (κ3) is 3.84. The SMILES string of the molecule is Cc1nn(-c2ccc(Cl)cc2Cl)c(C)c1CC(=O)N1CCC(N)CC1. The summed E-state index contributed by atoms with van der Waals surface area (Å²) in [5, 5.41) is 5.69. The summed E-state index contributed by atoms with van der Waals surface area (Å²) in [6.07, 6.45) is 2.07. The molecular formula is C18H22Cl2N4O. The third-order valence-electron chi connectivity index (χ3n) is 4.80. The van der Waals surface area contributed by atoms with Gasteiger partial charge in [-0.15, -0.1) is 0 Å². The summed E-state index contributed by atoms with van der Waals surface area (Å²) >= 11 is 12.3. The van der Waals surface area contributed by atoms with E-state index in [0.29, 0.717) is 16.5 Å². The van der Waals surface area contributed by atoms with Gasteiger partial charge in [0.05, 0.1) is 22.8 Å². The van der Waals surface area contributed by atoms with Gasteiger partial charge >= 0.3 is 0 Å². The van der Waals surface area contributed by atoms with Crippen molar-refractivity contribution in [3.05, 3.63) is 45.2 Å². The van der Waals surface area contributed by atoms with Gasteiger partial charge in [-0.25, -0.2) is 4.68 Å². The standard InChI is InChI=1S/C18H22Cl2N4O/c1-11-15(10-18(25)23-7-5-14(21)6-8-23)12(2)24(22-11)17-4-3-13(19)9-16(17)20/h3-4,9,14H,5-8,10,21H2,1-2H3. The van der Waals surface area contributed by atoms with Gasteiger partial charge in [0.15, 0.2) is 0 Å². The van der Waals surface area contributed by atoms with Crippen molar-refractivity contribution < 1.29 is 4.79 Å². The number of aromatic nitrogens is 2. The molecule has 0 radical (unpaired) electrons. The number of nitrogens with zero attached hydrogens (tertiary/aromatic N) is 3. The van der Waals surface area contributed by atoms with E-state index >= 15 is 0 Å². The fraction of sp³-hybridized carbons (Fsp3) is 0.444. The number of rotatable bonds is 3. The number of carbonyl (C=O) groups excluding carboxylic acids is 1. The van der Waals surface area contributed by atoms with Gasteiger partial charge in [-0.2, -0.15) is 5.10 Å². The Morgan fingerprint density at radius 3 is 2.60 bits per heavy atom. The Bertz CT molecular complexity index is 795. The predicted molar refractivity (Wildman–Crippen MR) is 101 cm³/mol. The van der Waals surface area contributed by atoms with Gasteiger partial charge in [0.25, 0.3) is 0 Å².